The summed E-state index contributed by atoms with van der Waals surface area (Å²) in [4.78, 5) is 4.59. The number of benzene rings is 2. The van der Waals surface area contributed by atoms with Crippen molar-refractivity contribution in [2.45, 2.75) is 9.88 Å². The Morgan fingerprint density at radius 2 is 1.00 bits per heavy atom. The first-order chi connectivity index (χ1) is 7.86. The van der Waals surface area contributed by atoms with Crippen LogP contribution in [0.5, 0.6) is 0 Å². The maximum Gasteiger partial charge on any atom is -0.0100 e. The van der Waals surface area contributed by atoms with Crippen LogP contribution in [-0.4, -0.2) is 21.1 Å². The van der Waals surface area contributed by atoms with Crippen molar-refractivity contribution in [3.05, 3.63) is 60.7 Å². The molecule has 0 bridgehead atoms. The van der Waals surface area contributed by atoms with Crippen molar-refractivity contribution in [2.24, 2.45) is 0 Å². The normalized spacial score (nSPS) is 8.59. The van der Waals surface area contributed by atoms with Gasteiger partial charge in [0.2, 0.25) is 0 Å². The molecule has 0 aliphatic carbocycles. The fraction of sp³-hybridized carbons (Fsp3) is 0.143. The standard InChI is InChI=1S/C12H10P.2CH3.H3P.Sn/c1-3-7-11(8-4-1)13-12-9-5-2-6-10-12;;;;/h1-10H;3*1H3;. The summed E-state index contributed by atoms with van der Waals surface area (Å²) in [6.45, 7) is 0. The summed E-state index contributed by atoms with van der Waals surface area (Å²) < 4.78 is 0. The molecule has 89 valence electrons. The van der Waals surface area contributed by atoms with Gasteiger partial charge in [0, 0.05) is 0 Å². The van der Waals surface area contributed by atoms with E-state index in [0.29, 0.717) is 0 Å². The molecule has 17 heavy (non-hydrogen) atoms. The van der Waals surface area contributed by atoms with Gasteiger partial charge in [0.05, 0.1) is 0 Å². The molecule has 1 unspecified atom stereocenters. The van der Waals surface area contributed by atoms with Crippen LogP contribution in [0.25, 0.3) is 0 Å². The Morgan fingerprint density at radius 3 is 1.29 bits per heavy atom. The summed E-state index contributed by atoms with van der Waals surface area (Å²) in [7, 11) is 1.28. The van der Waals surface area contributed by atoms with Gasteiger partial charge in [-0.15, -0.1) is 0 Å². The van der Waals surface area contributed by atoms with Crippen LogP contribution in [0.3, 0.4) is 0 Å². The second-order valence-electron chi connectivity index (χ2n) is 3.28. The molecule has 2 rings (SSSR count). The zero-order valence-electron chi connectivity index (χ0n) is 10.4. The minimum Gasteiger partial charge on any atom is -0.0622 e. The zero-order chi connectivity index (χ0) is 11.6. The minimum atomic E-state index is 0. The smallest absolute Gasteiger partial charge is 0.0100 e. The Morgan fingerprint density at radius 1 is 0.706 bits per heavy atom. The predicted octanol–water partition coefficient (Wildman–Crippen LogP) is 3.43. The number of rotatable bonds is 2. The first-order valence-electron chi connectivity index (χ1n) is 5.27. The first kappa shape index (κ1) is 17.1. The van der Waals surface area contributed by atoms with E-state index in [2.05, 4.69) is 58.4 Å². The monoisotopic (exact) mass is 369 g/mol. The van der Waals surface area contributed by atoms with E-state index in [0.717, 1.165) is 0 Å². The van der Waals surface area contributed by atoms with Gasteiger partial charge < -0.3 is 0 Å². The number of hydrogen-bond donors (Lipinski definition) is 0. The summed E-state index contributed by atoms with van der Waals surface area (Å²) >= 11 is 0.230. The van der Waals surface area contributed by atoms with E-state index in [1.807, 2.05) is 12.1 Å². The maximum atomic E-state index is 2.30. The molecule has 0 aliphatic heterocycles. The van der Waals surface area contributed by atoms with Gasteiger partial charge in [-0.05, 0) is 19.2 Å². The Balaban J connectivity index is 0.000000583. The summed E-state index contributed by atoms with van der Waals surface area (Å²) in [6.07, 6.45) is 0. The molecule has 2 aromatic rings. The summed E-state index contributed by atoms with van der Waals surface area (Å²) in [5.74, 6) is 0. The topological polar surface area (TPSA) is 0 Å². The van der Waals surface area contributed by atoms with Gasteiger partial charge in [0.25, 0.3) is 0 Å². The molecule has 0 heterocycles. The van der Waals surface area contributed by atoms with Gasteiger partial charge in [0.1, 0.15) is 0 Å². The second-order valence-corrected chi connectivity index (χ2v) is 7.39. The Hall–Kier alpha value is 0.0987. The SMILES string of the molecule is P.[CH3][Sn][CH3].c1ccc([P]c2ccccc2)cc1. The van der Waals surface area contributed by atoms with Crippen LogP contribution in [0.4, 0.5) is 0 Å². The van der Waals surface area contributed by atoms with Crippen LogP contribution in [0.1, 0.15) is 0 Å². The summed E-state index contributed by atoms with van der Waals surface area (Å²) in [5, 5.41) is 2.68. The van der Waals surface area contributed by atoms with Crippen LogP contribution in [-0.2, 0) is 0 Å². The van der Waals surface area contributed by atoms with E-state index >= 15 is 0 Å². The van der Waals surface area contributed by atoms with Gasteiger partial charge in [-0.3, -0.25) is 0 Å². The summed E-state index contributed by atoms with van der Waals surface area (Å²) in [5.41, 5.74) is 0. The quantitative estimate of drug-likeness (QED) is 0.563. The molecule has 0 aliphatic rings. The van der Waals surface area contributed by atoms with Gasteiger partial charge >= 0.3 is 31.0 Å². The molecule has 3 heteroatoms. The molecule has 3 radical (unpaired) electrons. The van der Waals surface area contributed by atoms with E-state index in [4.69, 9.17) is 0 Å². The van der Waals surface area contributed by atoms with Crippen LogP contribution < -0.4 is 10.6 Å². The molecular formula is C14H19P2Sn. The van der Waals surface area contributed by atoms with Crippen LogP contribution in [0.2, 0.25) is 9.88 Å². The second kappa shape index (κ2) is 11.2. The van der Waals surface area contributed by atoms with Gasteiger partial charge in [-0.25, -0.2) is 0 Å². The van der Waals surface area contributed by atoms with Gasteiger partial charge in [-0.2, -0.15) is 9.90 Å². The third-order valence-electron chi connectivity index (χ3n) is 1.77. The molecular weight excluding hydrogens is 349 g/mol. The molecule has 0 nitrogen and oxygen atoms in total. The average molecular weight is 368 g/mol. The zero-order valence-corrected chi connectivity index (χ0v) is 15.6. The predicted molar refractivity (Wildman–Crippen MR) is 87.7 cm³/mol. The van der Waals surface area contributed by atoms with E-state index < -0.39 is 0 Å². The van der Waals surface area contributed by atoms with E-state index in [9.17, 15) is 0 Å². The molecule has 0 saturated heterocycles. The molecule has 0 fully saturated rings. The van der Waals surface area contributed by atoms with Crippen LogP contribution >= 0.6 is 18.5 Å². The average Bonchev–Trinajstić information content (AvgIpc) is 2.33. The Bertz CT molecular complexity index is 338. The molecule has 0 N–H and O–H groups in total. The van der Waals surface area contributed by atoms with Crippen LogP contribution in [0.15, 0.2) is 60.7 Å². The Kier molecular flexibility index (Phi) is 11.3. The first-order valence-corrected chi connectivity index (χ1v) is 11.9. The van der Waals surface area contributed by atoms with Crippen molar-refractivity contribution < 1.29 is 0 Å². The number of hydrogen-bond acceptors (Lipinski definition) is 0. The van der Waals surface area contributed by atoms with Crippen LogP contribution in [0, 0.1) is 0 Å². The molecule has 2 aromatic carbocycles. The molecule has 0 amide bonds. The van der Waals surface area contributed by atoms with Gasteiger partial charge in [0.15, 0.2) is 0 Å². The fourth-order valence-electron chi connectivity index (χ4n) is 1.15. The molecule has 0 aromatic heterocycles. The fourth-order valence-corrected chi connectivity index (χ4v) is 2.09. The molecule has 0 spiro atoms. The Labute approximate surface area is 120 Å². The van der Waals surface area contributed by atoms with E-state index in [1.54, 1.807) is 0 Å². The van der Waals surface area contributed by atoms with Gasteiger partial charge in [-0.1, -0.05) is 60.7 Å². The van der Waals surface area contributed by atoms with E-state index in [1.165, 1.54) is 19.2 Å². The largest absolute Gasteiger partial charge is 0.0622 e. The van der Waals surface area contributed by atoms with Crippen molar-refractivity contribution in [1.82, 2.24) is 0 Å². The van der Waals surface area contributed by atoms with E-state index in [-0.39, 0.29) is 31.0 Å². The summed E-state index contributed by atoms with van der Waals surface area (Å²) in [6, 6.07) is 21.0. The van der Waals surface area contributed by atoms with Crippen molar-refractivity contribution in [1.29, 1.82) is 0 Å². The maximum absolute atomic E-state index is 2.30. The molecule has 1 atom stereocenters. The van der Waals surface area contributed by atoms with Crippen molar-refractivity contribution >= 4 is 50.2 Å². The third-order valence-corrected chi connectivity index (χ3v) is 2.88. The minimum absolute atomic E-state index is 0. The molecule has 0 saturated carbocycles. The third kappa shape index (κ3) is 7.92. The van der Waals surface area contributed by atoms with Crippen molar-refractivity contribution in [2.75, 3.05) is 0 Å². The van der Waals surface area contributed by atoms with Crippen molar-refractivity contribution in [3.8, 4) is 0 Å². The van der Waals surface area contributed by atoms with Crippen molar-refractivity contribution in [3.63, 3.8) is 0 Å².